The lowest BCUT2D eigenvalue weighted by atomic mass is 9.65. The summed E-state index contributed by atoms with van der Waals surface area (Å²) in [7, 11) is 0. The minimum Gasteiger partial charge on any atom is -0.464 e. The Hall–Kier alpha value is -1.10. The monoisotopic (exact) mass is 296 g/mol. The molecule has 5 nitrogen and oxygen atoms in total. The first-order chi connectivity index (χ1) is 9.85. The molecule has 0 aromatic rings. The largest absolute Gasteiger partial charge is 0.464 e. The van der Waals surface area contributed by atoms with Crippen LogP contribution < -0.4 is 11.1 Å². The van der Waals surface area contributed by atoms with Gasteiger partial charge in [0.2, 0.25) is 5.91 Å². The molecule has 2 unspecified atom stereocenters. The zero-order valence-electron chi connectivity index (χ0n) is 13.4. The van der Waals surface area contributed by atoms with Crippen LogP contribution in [0.1, 0.15) is 52.9 Å². The number of rotatable bonds is 4. The fraction of sp³-hybridized carbons (Fsp3) is 0.875. The van der Waals surface area contributed by atoms with Gasteiger partial charge in [-0.25, -0.2) is 4.79 Å². The molecule has 5 heteroatoms. The second kappa shape index (κ2) is 6.34. The summed E-state index contributed by atoms with van der Waals surface area (Å²) in [6.45, 7) is 5.47. The van der Waals surface area contributed by atoms with Gasteiger partial charge in [-0.2, -0.15) is 0 Å². The Kier molecular flexibility index (Phi) is 4.91. The first kappa shape index (κ1) is 16.3. The molecule has 2 saturated carbocycles. The number of carbonyl (C=O) groups excluding carboxylic acids is 2. The van der Waals surface area contributed by atoms with Gasteiger partial charge in [-0.1, -0.05) is 6.42 Å². The summed E-state index contributed by atoms with van der Waals surface area (Å²) >= 11 is 0. The second-order valence-electron chi connectivity index (χ2n) is 7.03. The Labute approximate surface area is 127 Å². The van der Waals surface area contributed by atoms with Crippen molar-refractivity contribution in [1.29, 1.82) is 0 Å². The van der Waals surface area contributed by atoms with Gasteiger partial charge in [0.1, 0.15) is 5.54 Å². The third-order valence-corrected chi connectivity index (χ3v) is 5.01. The molecule has 0 aromatic heterocycles. The number of nitrogens with two attached hydrogens (primary N) is 1. The fourth-order valence-electron chi connectivity index (χ4n) is 3.78. The molecule has 3 N–H and O–H groups in total. The summed E-state index contributed by atoms with van der Waals surface area (Å²) in [6.07, 6.45) is 5.18. The molecular weight excluding hydrogens is 268 g/mol. The van der Waals surface area contributed by atoms with Crippen LogP contribution in [0.5, 0.6) is 0 Å². The zero-order valence-corrected chi connectivity index (χ0v) is 13.4. The Bertz CT molecular complexity index is 394. The predicted molar refractivity (Wildman–Crippen MR) is 80.4 cm³/mol. The van der Waals surface area contributed by atoms with Crippen molar-refractivity contribution in [1.82, 2.24) is 5.32 Å². The zero-order chi connectivity index (χ0) is 15.6. The molecule has 21 heavy (non-hydrogen) atoms. The molecule has 2 aliphatic carbocycles. The summed E-state index contributed by atoms with van der Waals surface area (Å²) in [5.74, 6) is 0.481. The molecule has 0 saturated heterocycles. The molecule has 0 radical (unpaired) electrons. The fourth-order valence-corrected chi connectivity index (χ4v) is 3.78. The van der Waals surface area contributed by atoms with Crippen LogP contribution in [0.2, 0.25) is 0 Å². The first-order valence-electron chi connectivity index (χ1n) is 8.10. The Morgan fingerprint density at radius 1 is 1.24 bits per heavy atom. The number of hydrogen-bond acceptors (Lipinski definition) is 4. The van der Waals surface area contributed by atoms with Crippen molar-refractivity contribution in [3.05, 3.63) is 0 Å². The highest BCUT2D eigenvalue weighted by Crippen LogP contribution is 2.42. The SMILES string of the molecule is CCOC(=O)C(C)(C)NC(=O)C1CC2CCCC(C1)C2N. The van der Waals surface area contributed by atoms with Crippen LogP contribution in [0.4, 0.5) is 0 Å². The van der Waals surface area contributed by atoms with E-state index in [1.165, 1.54) is 6.42 Å². The smallest absolute Gasteiger partial charge is 0.331 e. The van der Waals surface area contributed by atoms with Crippen molar-refractivity contribution in [2.24, 2.45) is 23.5 Å². The molecule has 2 fully saturated rings. The van der Waals surface area contributed by atoms with Gasteiger partial charge >= 0.3 is 5.97 Å². The van der Waals surface area contributed by atoms with Gasteiger partial charge in [-0.15, -0.1) is 0 Å². The maximum Gasteiger partial charge on any atom is 0.331 e. The van der Waals surface area contributed by atoms with Gasteiger partial charge < -0.3 is 15.8 Å². The van der Waals surface area contributed by atoms with E-state index in [4.69, 9.17) is 10.5 Å². The molecular formula is C16H28N2O3. The van der Waals surface area contributed by atoms with Gasteiger partial charge in [0.05, 0.1) is 6.61 Å². The van der Waals surface area contributed by atoms with Gasteiger partial charge in [0.25, 0.3) is 0 Å². The van der Waals surface area contributed by atoms with E-state index >= 15 is 0 Å². The maximum absolute atomic E-state index is 12.5. The van der Waals surface area contributed by atoms with Crippen molar-refractivity contribution in [3.8, 4) is 0 Å². The van der Waals surface area contributed by atoms with E-state index < -0.39 is 5.54 Å². The molecule has 1 amide bonds. The number of amides is 1. The molecule has 2 rings (SSSR count). The summed E-state index contributed by atoms with van der Waals surface area (Å²) in [5.41, 5.74) is 5.29. The number of esters is 1. The van der Waals surface area contributed by atoms with Crippen LogP contribution in [-0.2, 0) is 14.3 Å². The molecule has 2 aliphatic rings. The van der Waals surface area contributed by atoms with Crippen LogP contribution >= 0.6 is 0 Å². The summed E-state index contributed by atoms with van der Waals surface area (Å²) in [5, 5.41) is 2.86. The minimum absolute atomic E-state index is 0.0196. The molecule has 0 aromatic carbocycles. The quantitative estimate of drug-likeness (QED) is 0.772. The number of nitrogens with one attached hydrogen (secondary N) is 1. The average molecular weight is 296 g/mol. The third-order valence-electron chi connectivity index (χ3n) is 5.01. The predicted octanol–water partition coefficient (Wildman–Crippen LogP) is 1.60. The maximum atomic E-state index is 12.5. The number of carbonyl (C=O) groups is 2. The van der Waals surface area contributed by atoms with Crippen molar-refractivity contribution >= 4 is 11.9 Å². The Morgan fingerprint density at radius 3 is 2.33 bits per heavy atom. The van der Waals surface area contributed by atoms with E-state index in [-0.39, 0.29) is 23.8 Å². The summed E-state index contributed by atoms with van der Waals surface area (Å²) in [4.78, 5) is 24.4. The van der Waals surface area contributed by atoms with Crippen LogP contribution in [0, 0.1) is 17.8 Å². The van der Waals surface area contributed by atoms with Crippen molar-refractivity contribution in [2.45, 2.75) is 64.5 Å². The highest BCUT2D eigenvalue weighted by molar-refractivity contribution is 5.88. The van der Waals surface area contributed by atoms with Gasteiger partial charge in [-0.05, 0) is 58.3 Å². The summed E-state index contributed by atoms with van der Waals surface area (Å²) < 4.78 is 5.01. The Morgan fingerprint density at radius 2 is 1.81 bits per heavy atom. The van der Waals surface area contributed by atoms with Gasteiger partial charge in [0, 0.05) is 12.0 Å². The van der Waals surface area contributed by atoms with Crippen molar-refractivity contribution in [2.75, 3.05) is 6.61 Å². The van der Waals surface area contributed by atoms with E-state index in [1.54, 1.807) is 20.8 Å². The van der Waals surface area contributed by atoms with Crippen molar-refractivity contribution in [3.63, 3.8) is 0 Å². The lowest BCUT2D eigenvalue weighted by Gasteiger charge is -2.44. The van der Waals surface area contributed by atoms with E-state index in [0.717, 1.165) is 25.7 Å². The lowest BCUT2D eigenvalue weighted by molar-refractivity contribution is -0.152. The molecule has 2 bridgehead atoms. The molecule has 2 atom stereocenters. The standard InChI is InChI=1S/C16H28N2O3/c1-4-21-15(20)16(2,3)18-14(19)12-8-10-6-5-7-11(9-12)13(10)17/h10-13H,4-9,17H2,1-3H3,(H,18,19). The summed E-state index contributed by atoms with van der Waals surface area (Å²) in [6, 6.07) is 0.251. The number of hydrogen-bond donors (Lipinski definition) is 2. The lowest BCUT2D eigenvalue weighted by Crippen LogP contribution is -2.55. The number of ether oxygens (including phenoxy) is 1. The number of fused-ring (bicyclic) bond motifs is 2. The van der Waals surface area contributed by atoms with E-state index in [1.807, 2.05) is 0 Å². The first-order valence-corrected chi connectivity index (χ1v) is 8.10. The molecule has 0 aliphatic heterocycles. The van der Waals surface area contributed by atoms with Crippen LogP contribution in [0.3, 0.4) is 0 Å². The van der Waals surface area contributed by atoms with Gasteiger partial charge in [-0.3, -0.25) is 4.79 Å². The average Bonchev–Trinajstić information content (AvgIpc) is 2.37. The second-order valence-corrected chi connectivity index (χ2v) is 7.03. The van der Waals surface area contributed by atoms with E-state index in [9.17, 15) is 9.59 Å². The molecule has 0 heterocycles. The minimum atomic E-state index is -0.970. The highest BCUT2D eigenvalue weighted by Gasteiger charge is 2.42. The van der Waals surface area contributed by atoms with Crippen LogP contribution in [0.15, 0.2) is 0 Å². The van der Waals surface area contributed by atoms with E-state index in [2.05, 4.69) is 5.32 Å². The normalized spacial score (nSPS) is 32.4. The molecule has 120 valence electrons. The van der Waals surface area contributed by atoms with Gasteiger partial charge in [0.15, 0.2) is 0 Å². The van der Waals surface area contributed by atoms with E-state index in [0.29, 0.717) is 18.4 Å². The van der Waals surface area contributed by atoms with Crippen molar-refractivity contribution < 1.29 is 14.3 Å². The third kappa shape index (κ3) is 3.57. The highest BCUT2D eigenvalue weighted by atomic mass is 16.5. The topological polar surface area (TPSA) is 81.4 Å². The molecule has 0 spiro atoms. The Balaban J connectivity index is 1.96. The van der Waals surface area contributed by atoms with Crippen LogP contribution in [0.25, 0.3) is 0 Å². The van der Waals surface area contributed by atoms with Crippen LogP contribution in [-0.4, -0.2) is 30.1 Å².